The fraction of sp³-hybridized carbons (Fsp3) is 0.846. The van der Waals surface area contributed by atoms with Gasteiger partial charge in [0.15, 0.2) is 15.8 Å². The van der Waals surface area contributed by atoms with Crippen molar-refractivity contribution in [2.75, 3.05) is 45.3 Å². The van der Waals surface area contributed by atoms with Crippen molar-refractivity contribution in [1.29, 1.82) is 0 Å². The molecule has 0 unspecified atom stereocenters. The van der Waals surface area contributed by atoms with Crippen LogP contribution in [0, 0.1) is 5.92 Å². The van der Waals surface area contributed by atoms with Crippen molar-refractivity contribution in [3.63, 3.8) is 0 Å². The molecule has 0 amide bonds. The van der Waals surface area contributed by atoms with E-state index in [-0.39, 0.29) is 23.4 Å². The predicted molar refractivity (Wildman–Crippen MR) is 82.0 cm³/mol. The highest BCUT2D eigenvalue weighted by molar-refractivity contribution is 7.91. The second kappa shape index (κ2) is 8.21. The van der Waals surface area contributed by atoms with E-state index in [1.165, 1.54) is 7.11 Å². The minimum absolute atomic E-state index is 0.0511. The van der Waals surface area contributed by atoms with Gasteiger partial charge in [0.1, 0.15) is 0 Å². The first-order chi connectivity index (χ1) is 9.93. The lowest BCUT2D eigenvalue weighted by Gasteiger charge is -2.33. The third kappa shape index (κ3) is 5.53. The number of sulfone groups is 1. The first-order valence-electron chi connectivity index (χ1n) is 7.17. The zero-order valence-corrected chi connectivity index (χ0v) is 13.8. The third-order valence-corrected chi connectivity index (χ3v) is 5.38. The van der Waals surface area contributed by atoms with E-state index < -0.39 is 9.84 Å². The molecule has 1 rings (SSSR count). The molecule has 0 atom stereocenters. The fourth-order valence-electron chi connectivity index (χ4n) is 2.29. The summed E-state index contributed by atoms with van der Waals surface area (Å²) in [5.41, 5.74) is 0. The summed E-state index contributed by atoms with van der Waals surface area (Å²) >= 11 is 0. The van der Waals surface area contributed by atoms with Crippen molar-refractivity contribution in [3.8, 4) is 0 Å². The zero-order chi connectivity index (χ0) is 15.9. The fourth-order valence-corrected chi connectivity index (χ4v) is 2.99. The van der Waals surface area contributed by atoms with Crippen LogP contribution >= 0.6 is 0 Å². The lowest BCUT2D eigenvalue weighted by Crippen LogP contribution is -2.47. The van der Waals surface area contributed by atoms with E-state index in [0.717, 1.165) is 12.8 Å². The smallest absolute Gasteiger partial charge is 0.308 e. The number of hydrogen-bond acceptors (Lipinski definition) is 5. The Bertz CT molecular complexity index is 468. The van der Waals surface area contributed by atoms with E-state index in [1.807, 2.05) is 4.90 Å². The van der Waals surface area contributed by atoms with Crippen LogP contribution in [0.1, 0.15) is 19.8 Å². The van der Waals surface area contributed by atoms with Crippen molar-refractivity contribution in [2.45, 2.75) is 19.8 Å². The van der Waals surface area contributed by atoms with Gasteiger partial charge >= 0.3 is 5.97 Å². The van der Waals surface area contributed by atoms with E-state index in [9.17, 15) is 13.2 Å². The van der Waals surface area contributed by atoms with Gasteiger partial charge in [-0.05, 0) is 12.8 Å². The lowest BCUT2D eigenvalue weighted by molar-refractivity contribution is -0.146. The number of likely N-dealkylation sites (tertiary alicyclic amines) is 1. The first kappa shape index (κ1) is 17.7. The summed E-state index contributed by atoms with van der Waals surface area (Å²) in [6, 6.07) is 0. The van der Waals surface area contributed by atoms with Gasteiger partial charge in [-0.2, -0.15) is 0 Å². The van der Waals surface area contributed by atoms with Gasteiger partial charge in [-0.3, -0.25) is 9.79 Å². The van der Waals surface area contributed by atoms with Gasteiger partial charge in [0.25, 0.3) is 0 Å². The molecule has 0 aromatic heterocycles. The average molecular weight is 319 g/mol. The molecule has 7 nitrogen and oxygen atoms in total. The Morgan fingerprint density at radius 2 is 2.00 bits per heavy atom. The molecule has 1 N–H and O–H groups in total. The summed E-state index contributed by atoms with van der Waals surface area (Å²) in [4.78, 5) is 17.7. The van der Waals surface area contributed by atoms with Crippen molar-refractivity contribution >= 4 is 21.8 Å². The van der Waals surface area contributed by atoms with Gasteiger partial charge in [-0.25, -0.2) is 8.42 Å². The molecule has 122 valence electrons. The third-order valence-electron chi connectivity index (χ3n) is 3.68. The Morgan fingerprint density at radius 1 is 1.38 bits per heavy atom. The van der Waals surface area contributed by atoms with E-state index in [4.69, 9.17) is 4.74 Å². The summed E-state index contributed by atoms with van der Waals surface area (Å²) < 4.78 is 27.7. The average Bonchev–Trinajstić information content (AvgIpc) is 2.51. The molecule has 0 saturated carbocycles. The predicted octanol–water partition coefficient (Wildman–Crippen LogP) is -0.118. The molecule has 0 aliphatic carbocycles. The maximum Gasteiger partial charge on any atom is 0.308 e. The number of esters is 1. The maximum absolute atomic E-state index is 11.5. The molecule has 0 bridgehead atoms. The van der Waals surface area contributed by atoms with Crippen LogP contribution in [-0.4, -0.2) is 70.5 Å². The number of rotatable bonds is 5. The van der Waals surface area contributed by atoms with Crippen molar-refractivity contribution < 1.29 is 17.9 Å². The highest BCUT2D eigenvalue weighted by Crippen LogP contribution is 2.18. The molecule has 0 spiro atoms. The second-order valence-corrected chi connectivity index (χ2v) is 7.47. The summed E-state index contributed by atoms with van der Waals surface area (Å²) in [5, 5.41) is 3.07. The van der Waals surface area contributed by atoms with Gasteiger partial charge in [0.2, 0.25) is 0 Å². The number of carbonyl (C=O) groups excluding carboxylic acids is 1. The summed E-state index contributed by atoms with van der Waals surface area (Å²) in [7, 11) is 0.101. The Labute approximate surface area is 126 Å². The minimum atomic E-state index is -2.97. The molecule has 0 radical (unpaired) electrons. The molecular formula is C13H25N3O4S. The summed E-state index contributed by atoms with van der Waals surface area (Å²) in [6.45, 7) is 3.40. The standard InChI is InChI=1S/C13H25N3O4S/c1-4-21(18,19)10-7-15-13(14-2)16-8-5-11(6-9-16)12(17)20-3/h11H,4-10H2,1-3H3,(H,14,15). The number of hydrogen-bond donors (Lipinski definition) is 1. The molecule has 21 heavy (non-hydrogen) atoms. The van der Waals surface area contributed by atoms with Gasteiger partial charge in [-0.1, -0.05) is 6.92 Å². The van der Waals surface area contributed by atoms with Crippen LogP contribution in [0.4, 0.5) is 0 Å². The van der Waals surface area contributed by atoms with Crippen LogP contribution in [0.15, 0.2) is 4.99 Å². The van der Waals surface area contributed by atoms with Gasteiger partial charge in [-0.15, -0.1) is 0 Å². The Balaban J connectivity index is 2.43. The number of nitrogens with one attached hydrogen (secondary N) is 1. The van der Waals surface area contributed by atoms with E-state index in [2.05, 4.69) is 10.3 Å². The summed E-state index contributed by atoms with van der Waals surface area (Å²) in [5.74, 6) is 0.722. The van der Waals surface area contributed by atoms with Gasteiger partial charge in [0.05, 0.1) is 18.8 Å². The highest BCUT2D eigenvalue weighted by Gasteiger charge is 2.26. The molecular weight excluding hydrogens is 294 g/mol. The van der Waals surface area contributed by atoms with Crippen molar-refractivity contribution in [2.24, 2.45) is 10.9 Å². The number of nitrogens with zero attached hydrogens (tertiary/aromatic N) is 2. The molecule has 1 aliphatic rings. The number of aliphatic imine (C=N–C) groups is 1. The van der Waals surface area contributed by atoms with Crippen LogP contribution in [0.5, 0.6) is 0 Å². The van der Waals surface area contributed by atoms with E-state index >= 15 is 0 Å². The normalized spacial score (nSPS) is 17.7. The molecule has 1 saturated heterocycles. The van der Waals surface area contributed by atoms with Gasteiger partial charge in [0, 0.05) is 32.4 Å². The van der Waals surface area contributed by atoms with E-state index in [0.29, 0.717) is 25.6 Å². The van der Waals surface area contributed by atoms with Gasteiger partial charge < -0.3 is 15.0 Å². The molecule has 8 heteroatoms. The lowest BCUT2D eigenvalue weighted by atomic mass is 9.97. The molecule has 0 aromatic rings. The summed E-state index contributed by atoms with van der Waals surface area (Å²) in [6.07, 6.45) is 1.45. The monoisotopic (exact) mass is 319 g/mol. The number of carbonyl (C=O) groups is 1. The largest absolute Gasteiger partial charge is 0.469 e. The number of ether oxygens (including phenoxy) is 1. The quantitative estimate of drug-likeness (QED) is 0.432. The Kier molecular flexibility index (Phi) is 6.94. The number of piperidine rings is 1. The molecule has 1 heterocycles. The van der Waals surface area contributed by atoms with Crippen LogP contribution in [0.3, 0.4) is 0 Å². The minimum Gasteiger partial charge on any atom is -0.469 e. The van der Waals surface area contributed by atoms with Crippen LogP contribution in [0.2, 0.25) is 0 Å². The van der Waals surface area contributed by atoms with E-state index in [1.54, 1.807) is 14.0 Å². The molecule has 0 aromatic carbocycles. The van der Waals surface area contributed by atoms with Crippen molar-refractivity contribution in [1.82, 2.24) is 10.2 Å². The number of guanidine groups is 1. The maximum atomic E-state index is 11.5. The first-order valence-corrected chi connectivity index (χ1v) is 8.99. The molecule has 1 fully saturated rings. The van der Waals surface area contributed by atoms with Crippen molar-refractivity contribution in [3.05, 3.63) is 0 Å². The van der Waals surface area contributed by atoms with Crippen LogP contribution in [-0.2, 0) is 19.4 Å². The second-order valence-electron chi connectivity index (χ2n) is 4.99. The topological polar surface area (TPSA) is 88.1 Å². The molecule has 1 aliphatic heterocycles. The van der Waals surface area contributed by atoms with Crippen LogP contribution < -0.4 is 5.32 Å². The SMILES string of the molecule is CCS(=O)(=O)CCNC(=NC)N1CCC(C(=O)OC)CC1. The zero-order valence-electron chi connectivity index (χ0n) is 13.0. The number of methoxy groups -OCH3 is 1. The highest BCUT2D eigenvalue weighted by atomic mass is 32.2. The van der Waals surface area contributed by atoms with Crippen LogP contribution in [0.25, 0.3) is 0 Å². The Hall–Kier alpha value is -1.31. The Morgan fingerprint density at radius 3 is 2.48 bits per heavy atom.